The van der Waals surface area contributed by atoms with E-state index >= 15 is 0 Å². The van der Waals surface area contributed by atoms with Crippen LogP contribution in [-0.4, -0.2) is 34.0 Å². The van der Waals surface area contributed by atoms with Gasteiger partial charge in [0.2, 0.25) is 0 Å². The SMILES string of the molecule is OC1(Cc2cc(-c3ccccc3)n[nH]2)CCNCC1. The Morgan fingerprint density at radius 2 is 1.89 bits per heavy atom. The standard InChI is InChI=1S/C15H19N3O/c19-15(6-8-16-9-7-15)11-13-10-14(18-17-13)12-4-2-1-3-5-12/h1-5,10,16,19H,6-9,11H2,(H,17,18). The molecule has 0 saturated carbocycles. The molecule has 0 spiro atoms. The van der Waals surface area contributed by atoms with E-state index in [9.17, 15) is 5.11 Å². The minimum absolute atomic E-state index is 0.592. The topological polar surface area (TPSA) is 60.9 Å². The van der Waals surface area contributed by atoms with Crippen molar-refractivity contribution < 1.29 is 5.11 Å². The lowest BCUT2D eigenvalue weighted by atomic mass is 9.88. The number of rotatable bonds is 3. The smallest absolute Gasteiger partial charge is 0.0923 e. The van der Waals surface area contributed by atoms with Gasteiger partial charge < -0.3 is 10.4 Å². The molecule has 0 unspecified atom stereocenters. The minimum atomic E-state index is -0.592. The van der Waals surface area contributed by atoms with E-state index in [1.807, 2.05) is 36.4 Å². The Labute approximate surface area is 112 Å². The highest BCUT2D eigenvalue weighted by Crippen LogP contribution is 2.24. The van der Waals surface area contributed by atoms with Crippen LogP contribution in [0.4, 0.5) is 0 Å². The van der Waals surface area contributed by atoms with Gasteiger partial charge in [0.05, 0.1) is 11.3 Å². The number of benzene rings is 1. The summed E-state index contributed by atoms with van der Waals surface area (Å²) in [4.78, 5) is 0. The lowest BCUT2D eigenvalue weighted by Gasteiger charge is -2.32. The molecule has 4 heteroatoms. The van der Waals surface area contributed by atoms with E-state index in [4.69, 9.17) is 0 Å². The molecular weight excluding hydrogens is 238 g/mol. The maximum absolute atomic E-state index is 10.5. The van der Waals surface area contributed by atoms with E-state index in [2.05, 4.69) is 15.5 Å². The number of nitrogens with zero attached hydrogens (tertiary/aromatic N) is 1. The van der Waals surface area contributed by atoms with E-state index in [1.54, 1.807) is 0 Å². The summed E-state index contributed by atoms with van der Waals surface area (Å²) in [6, 6.07) is 12.1. The van der Waals surface area contributed by atoms with E-state index in [-0.39, 0.29) is 0 Å². The van der Waals surface area contributed by atoms with Crippen molar-refractivity contribution in [3.63, 3.8) is 0 Å². The Bertz CT molecular complexity index is 529. The first-order valence-corrected chi connectivity index (χ1v) is 6.78. The van der Waals surface area contributed by atoms with Crippen molar-refractivity contribution in [1.29, 1.82) is 0 Å². The summed E-state index contributed by atoms with van der Waals surface area (Å²) in [6.07, 6.45) is 2.24. The van der Waals surface area contributed by atoms with Crippen molar-refractivity contribution >= 4 is 0 Å². The average Bonchev–Trinajstić information content (AvgIpc) is 2.88. The molecule has 1 aromatic heterocycles. The summed E-state index contributed by atoms with van der Waals surface area (Å²) in [7, 11) is 0. The second-order valence-electron chi connectivity index (χ2n) is 5.30. The van der Waals surface area contributed by atoms with Crippen molar-refractivity contribution in [2.45, 2.75) is 24.9 Å². The number of aromatic amines is 1. The Morgan fingerprint density at radius 3 is 2.63 bits per heavy atom. The lowest BCUT2D eigenvalue weighted by molar-refractivity contribution is 0.0100. The van der Waals surface area contributed by atoms with Gasteiger partial charge in [0.25, 0.3) is 0 Å². The van der Waals surface area contributed by atoms with Crippen LogP contribution in [0.15, 0.2) is 36.4 Å². The molecule has 1 aliphatic heterocycles. The predicted molar refractivity (Wildman–Crippen MR) is 74.8 cm³/mol. The van der Waals surface area contributed by atoms with Gasteiger partial charge in [-0.3, -0.25) is 5.10 Å². The quantitative estimate of drug-likeness (QED) is 0.785. The number of nitrogens with one attached hydrogen (secondary N) is 2. The van der Waals surface area contributed by atoms with Crippen LogP contribution >= 0.6 is 0 Å². The summed E-state index contributed by atoms with van der Waals surface area (Å²) in [5.41, 5.74) is 2.45. The number of piperidine rings is 1. The maximum atomic E-state index is 10.5. The van der Waals surface area contributed by atoms with Gasteiger partial charge in [-0.25, -0.2) is 0 Å². The first kappa shape index (κ1) is 12.4. The molecule has 3 N–H and O–H groups in total. The van der Waals surface area contributed by atoms with Crippen LogP contribution < -0.4 is 5.32 Å². The highest BCUT2D eigenvalue weighted by molar-refractivity contribution is 5.58. The van der Waals surface area contributed by atoms with Gasteiger partial charge in [-0.05, 0) is 32.0 Å². The van der Waals surface area contributed by atoms with Crippen molar-refractivity contribution in [2.75, 3.05) is 13.1 Å². The summed E-state index contributed by atoms with van der Waals surface area (Å²) in [6.45, 7) is 1.77. The van der Waals surface area contributed by atoms with Crippen LogP contribution in [0.3, 0.4) is 0 Å². The number of aromatic nitrogens is 2. The molecule has 2 heterocycles. The van der Waals surface area contributed by atoms with Crippen molar-refractivity contribution in [3.8, 4) is 11.3 Å². The fourth-order valence-corrected chi connectivity index (χ4v) is 2.63. The zero-order valence-corrected chi connectivity index (χ0v) is 10.9. The molecule has 4 nitrogen and oxygen atoms in total. The first-order valence-electron chi connectivity index (χ1n) is 6.78. The lowest BCUT2D eigenvalue weighted by Crippen LogP contribution is -2.43. The van der Waals surface area contributed by atoms with Gasteiger partial charge in [-0.2, -0.15) is 5.10 Å². The Hall–Kier alpha value is -1.65. The normalized spacial score (nSPS) is 18.4. The summed E-state index contributed by atoms with van der Waals surface area (Å²) < 4.78 is 0. The first-order chi connectivity index (χ1) is 9.25. The van der Waals surface area contributed by atoms with E-state index in [1.165, 1.54) is 0 Å². The van der Waals surface area contributed by atoms with E-state index in [0.717, 1.165) is 42.9 Å². The van der Waals surface area contributed by atoms with Crippen molar-refractivity contribution in [3.05, 3.63) is 42.1 Å². The monoisotopic (exact) mass is 257 g/mol. The minimum Gasteiger partial charge on any atom is -0.389 e. The van der Waals surface area contributed by atoms with E-state index in [0.29, 0.717) is 6.42 Å². The van der Waals surface area contributed by atoms with Crippen molar-refractivity contribution in [2.24, 2.45) is 0 Å². The Kier molecular flexibility index (Phi) is 3.36. The zero-order valence-electron chi connectivity index (χ0n) is 10.9. The van der Waals surface area contributed by atoms with Gasteiger partial charge >= 0.3 is 0 Å². The number of H-pyrrole nitrogens is 1. The fourth-order valence-electron chi connectivity index (χ4n) is 2.63. The summed E-state index contributed by atoms with van der Waals surface area (Å²) in [5.74, 6) is 0. The summed E-state index contributed by atoms with van der Waals surface area (Å²) >= 11 is 0. The highest BCUT2D eigenvalue weighted by atomic mass is 16.3. The molecule has 0 atom stereocenters. The van der Waals surface area contributed by atoms with E-state index < -0.39 is 5.60 Å². The largest absolute Gasteiger partial charge is 0.389 e. The molecular formula is C15H19N3O. The molecule has 1 aliphatic rings. The average molecular weight is 257 g/mol. The molecule has 0 radical (unpaired) electrons. The van der Waals surface area contributed by atoms with Crippen LogP contribution in [0, 0.1) is 0 Å². The molecule has 0 aliphatic carbocycles. The highest BCUT2D eigenvalue weighted by Gasteiger charge is 2.29. The number of hydrogen-bond donors (Lipinski definition) is 3. The molecule has 1 fully saturated rings. The molecule has 1 aromatic carbocycles. The second-order valence-corrected chi connectivity index (χ2v) is 5.30. The van der Waals surface area contributed by atoms with Gasteiger partial charge in [-0.1, -0.05) is 30.3 Å². The molecule has 19 heavy (non-hydrogen) atoms. The van der Waals surface area contributed by atoms with Crippen LogP contribution in [0.2, 0.25) is 0 Å². The van der Waals surface area contributed by atoms with Crippen LogP contribution in [0.25, 0.3) is 11.3 Å². The van der Waals surface area contributed by atoms with Crippen LogP contribution in [0.1, 0.15) is 18.5 Å². The maximum Gasteiger partial charge on any atom is 0.0923 e. The predicted octanol–water partition coefficient (Wildman–Crippen LogP) is 1.73. The van der Waals surface area contributed by atoms with Gasteiger partial charge in [0.1, 0.15) is 0 Å². The molecule has 2 aromatic rings. The Balaban J connectivity index is 1.75. The van der Waals surface area contributed by atoms with Crippen LogP contribution in [-0.2, 0) is 6.42 Å². The zero-order chi connectivity index (χ0) is 13.1. The molecule has 1 saturated heterocycles. The molecule has 0 bridgehead atoms. The van der Waals surface area contributed by atoms with Gasteiger partial charge in [0, 0.05) is 17.7 Å². The third-order valence-electron chi connectivity index (χ3n) is 3.75. The summed E-state index contributed by atoms with van der Waals surface area (Å²) in [5, 5.41) is 21.2. The van der Waals surface area contributed by atoms with Crippen molar-refractivity contribution in [1.82, 2.24) is 15.5 Å². The Morgan fingerprint density at radius 1 is 1.16 bits per heavy atom. The molecule has 100 valence electrons. The van der Waals surface area contributed by atoms with Gasteiger partial charge in [-0.15, -0.1) is 0 Å². The molecule has 0 amide bonds. The number of aliphatic hydroxyl groups is 1. The second kappa shape index (κ2) is 5.15. The van der Waals surface area contributed by atoms with Crippen LogP contribution in [0.5, 0.6) is 0 Å². The van der Waals surface area contributed by atoms with Gasteiger partial charge in [0.15, 0.2) is 0 Å². The number of hydrogen-bond acceptors (Lipinski definition) is 3. The third-order valence-corrected chi connectivity index (χ3v) is 3.75. The molecule has 3 rings (SSSR count). The fraction of sp³-hybridized carbons (Fsp3) is 0.400. The third kappa shape index (κ3) is 2.85.